The summed E-state index contributed by atoms with van der Waals surface area (Å²) in [7, 11) is 0. The van der Waals surface area contributed by atoms with E-state index in [-0.39, 0.29) is 6.42 Å². The van der Waals surface area contributed by atoms with Gasteiger partial charge in [0.05, 0.1) is 0 Å². The number of nitrogens with two attached hydrogens (primary N) is 1. The Morgan fingerprint density at radius 2 is 1.85 bits per heavy atom. The summed E-state index contributed by atoms with van der Waals surface area (Å²) in [6.45, 7) is 5.06. The first kappa shape index (κ1) is 16.0. The Bertz CT molecular complexity index is 468. The summed E-state index contributed by atoms with van der Waals surface area (Å²) in [6, 6.07) is 7.79. The van der Waals surface area contributed by atoms with Gasteiger partial charge in [-0.1, -0.05) is 30.3 Å². The van der Waals surface area contributed by atoms with E-state index >= 15 is 0 Å². The van der Waals surface area contributed by atoms with Crippen LogP contribution in [0.1, 0.15) is 26.3 Å². The molecule has 1 aromatic carbocycles. The Kier molecular flexibility index (Phi) is 5.10. The van der Waals surface area contributed by atoms with Gasteiger partial charge in [0, 0.05) is 6.42 Å². The van der Waals surface area contributed by atoms with E-state index in [1.807, 2.05) is 6.07 Å². The Labute approximate surface area is 118 Å². The fraction of sp³-hybridized carbons (Fsp3) is 0.429. The number of aliphatic carboxylic acids is 1. The number of rotatable bonds is 4. The van der Waals surface area contributed by atoms with E-state index < -0.39 is 23.7 Å². The predicted molar refractivity (Wildman–Crippen MR) is 73.8 cm³/mol. The van der Waals surface area contributed by atoms with Crippen LogP contribution in [0.25, 0.3) is 0 Å². The Balaban J connectivity index is 2.81. The van der Waals surface area contributed by atoms with E-state index in [1.54, 1.807) is 45.0 Å². The molecule has 0 saturated heterocycles. The molecule has 6 nitrogen and oxygen atoms in total. The molecule has 0 spiro atoms. The van der Waals surface area contributed by atoms with Crippen LogP contribution in [-0.2, 0) is 16.0 Å². The van der Waals surface area contributed by atoms with Gasteiger partial charge in [-0.15, -0.1) is 0 Å². The normalized spacial score (nSPS) is 12.6. The van der Waals surface area contributed by atoms with Gasteiger partial charge in [-0.2, -0.15) is 0 Å². The molecule has 0 fully saturated rings. The molecule has 6 heteroatoms. The maximum atomic E-state index is 11.8. The lowest BCUT2D eigenvalue weighted by Gasteiger charge is -2.28. The lowest BCUT2D eigenvalue weighted by atomic mass is 10.1. The van der Waals surface area contributed by atoms with Crippen LogP contribution in [0.15, 0.2) is 30.3 Å². The minimum absolute atomic E-state index is 0.117. The van der Waals surface area contributed by atoms with Crippen molar-refractivity contribution in [3.05, 3.63) is 35.9 Å². The summed E-state index contributed by atoms with van der Waals surface area (Å²) in [5.41, 5.74) is 0.0451. The summed E-state index contributed by atoms with van der Waals surface area (Å²) in [5.74, 6) is 4.42. The average Bonchev–Trinajstić information content (AvgIpc) is 2.34. The molecule has 1 atom stereocenters. The predicted octanol–water partition coefficient (Wildman–Crippen LogP) is 1.79. The topological polar surface area (TPSA) is 92.9 Å². The molecular weight excluding hydrogens is 260 g/mol. The van der Waals surface area contributed by atoms with Crippen LogP contribution < -0.4 is 5.84 Å². The van der Waals surface area contributed by atoms with E-state index in [0.29, 0.717) is 5.01 Å². The van der Waals surface area contributed by atoms with Gasteiger partial charge in [-0.25, -0.2) is 20.4 Å². The average molecular weight is 280 g/mol. The number of hydrazine groups is 1. The van der Waals surface area contributed by atoms with Crippen molar-refractivity contribution in [1.29, 1.82) is 0 Å². The first-order valence-corrected chi connectivity index (χ1v) is 6.24. The summed E-state index contributed by atoms with van der Waals surface area (Å²) in [6.07, 6.45) is -0.743. The summed E-state index contributed by atoms with van der Waals surface area (Å²) < 4.78 is 5.07. The van der Waals surface area contributed by atoms with Crippen molar-refractivity contribution in [2.45, 2.75) is 38.8 Å². The van der Waals surface area contributed by atoms with Crippen molar-refractivity contribution in [2.75, 3.05) is 0 Å². The monoisotopic (exact) mass is 280 g/mol. The highest BCUT2D eigenvalue weighted by atomic mass is 16.6. The molecule has 0 saturated carbocycles. The van der Waals surface area contributed by atoms with E-state index in [2.05, 4.69) is 0 Å². The zero-order valence-electron chi connectivity index (χ0n) is 11.9. The van der Waals surface area contributed by atoms with Gasteiger partial charge >= 0.3 is 12.1 Å². The number of carbonyl (C=O) groups excluding carboxylic acids is 1. The maximum absolute atomic E-state index is 11.8. The summed E-state index contributed by atoms with van der Waals surface area (Å²) in [5, 5.41) is 9.85. The van der Waals surface area contributed by atoms with Crippen LogP contribution in [0, 0.1) is 0 Å². The largest absolute Gasteiger partial charge is 0.480 e. The molecule has 0 aromatic heterocycles. The molecule has 0 aliphatic rings. The van der Waals surface area contributed by atoms with Crippen LogP contribution in [0.3, 0.4) is 0 Å². The van der Waals surface area contributed by atoms with Gasteiger partial charge in [0.25, 0.3) is 0 Å². The highest BCUT2D eigenvalue weighted by molar-refractivity contribution is 5.80. The maximum Gasteiger partial charge on any atom is 0.425 e. The van der Waals surface area contributed by atoms with Crippen LogP contribution >= 0.6 is 0 Å². The zero-order chi connectivity index (χ0) is 15.3. The van der Waals surface area contributed by atoms with Gasteiger partial charge in [0.1, 0.15) is 5.60 Å². The number of benzene rings is 1. The molecule has 20 heavy (non-hydrogen) atoms. The molecule has 0 aliphatic carbocycles. The molecule has 1 aromatic rings. The van der Waals surface area contributed by atoms with Gasteiger partial charge in [0.15, 0.2) is 6.04 Å². The van der Waals surface area contributed by atoms with E-state index in [0.717, 1.165) is 5.56 Å². The number of hydrogen-bond acceptors (Lipinski definition) is 4. The number of carbonyl (C=O) groups is 2. The number of carboxylic acids is 1. The minimum atomic E-state index is -1.18. The second kappa shape index (κ2) is 6.38. The summed E-state index contributed by atoms with van der Waals surface area (Å²) >= 11 is 0. The van der Waals surface area contributed by atoms with Gasteiger partial charge in [-0.3, -0.25) is 0 Å². The molecule has 0 heterocycles. The van der Waals surface area contributed by atoms with E-state index in [9.17, 15) is 14.7 Å². The standard InChI is InChI=1S/C14H20N2O4/c1-14(2,3)20-13(19)16(15)11(12(17)18)9-10-7-5-4-6-8-10/h4-8,11H,9,15H2,1-3H3,(H,17,18). The molecular formula is C14H20N2O4. The number of hydrogen-bond donors (Lipinski definition) is 2. The third kappa shape index (κ3) is 4.89. The third-order valence-electron chi connectivity index (χ3n) is 2.50. The van der Waals surface area contributed by atoms with Crippen molar-refractivity contribution in [2.24, 2.45) is 5.84 Å². The molecule has 0 aliphatic heterocycles. The lowest BCUT2D eigenvalue weighted by molar-refractivity contribution is -0.143. The number of amides is 1. The molecule has 0 bridgehead atoms. The molecule has 3 N–H and O–H groups in total. The van der Waals surface area contributed by atoms with Gasteiger partial charge in [-0.05, 0) is 26.3 Å². The smallest absolute Gasteiger partial charge is 0.425 e. The molecule has 1 rings (SSSR count). The number of nitrogens with zero attached hydrogens (tertiary/aromatic N) is 1. The number of ether oxygens (including phenoxy) is 1. The first-order valence-electron chi connectivity index (χ1n) is 6.24. The van der Waals surface area contributed by atoms with Crippen molar-refractivity contribution in [1.82, 2.24) is 5.01 Å². The third-order valence-corrected chi connectivity index (χ3v) is 2.50. The first-order chi connectivity index (χ1) is 9.20. The second-order valence-corrected chi connectivity index (χ2v) is 5.43. The molecule has 1 unspecified atom stereocenters. The van der Waals surface area contributed by atoms with Crippen molar-refractivity contribution >= 4 is 12.1 Å². The highest BCUT2D eigenvalue weighted by Crippen LogP contribution is 2.12. The van der Waals surface area contributed by atoms with Crippen LogP contribution in [-0.4, -0.2) is 33.8 Å². The summed E-state index contributed by atoms with van der Waals surface area (Å²) in [4.78, 5) is 23.1. The van der Waals surface area contributed by atoms with Crippen molar-refractivity contribution in [3.8, 4) is 0 Å². The molecule has 0 radical (unpaired) electrons. The van der Waals surface area contributed by atoms with Crippen LogP contribution in [0.5, 0.6) is 0 Å². The van der Waals surface area contributed by atoms with Crippen molar-refractivity contribution < 1.29 is 19.4 Å². The highest BCUT2D eigenvalue weighted by Gasteiger charge is 2.31. The van der Waals surface area contributed by atoms with Gasteiger partial charge in [0.2, 0.25) is 0 Å². The minimum Gasteiger partial charge on any atom is -0.480 e. The SMILES string of the molecule is CC(C)(C)OC(=O)N(N)C(Cc1ccccc1)C(=O)O. The molecule has 1 amide bonds. The number of carboxylic acid groups (broad SMARTS) is 1. The Morgan fingerprint density at radius 3 is 2.30 bits per heavy atom. The Morgan fingerprint density at radius 1 is 1.30 bits per heavy atom. The lowest BCUT2D eigenvalue weighted by Crippen LogP contribution is -2.52. The quantitative estimate of drug-likeness (QED) is 0.498. The fourth-order valence-corrected chi connectivity index (χ4v) is 1.58. The Hall–Kier alpha value is -2.08. The van der Waals surface area contributed by atoms with Crippen molar-refractivity contribution in [3.63, 3.8) is 0 Å². The van der Waals surface area contributed by atoms with Crippen LogP contribution in [0.4, 0.5) is 4.79 Å². The van der Waals surface area contributed by atoms with E-state index in [1.165, 1.54) is 0 Å². The fourth-order valence-electron chi connectivity index (χ4n) is 1.58. The van der Waals surface area contributed by atoms with E-state index in [4.69, 9.17) is 10.6 Å². The molecule has 110 valence electrons. The second-order valence-electron chi connectivity index (χ2n) is 5.43. The van der Waals surface area contributed by atoms with Gasteiger partial charge < -0.3 is 9.84 Å². The zero-order valence-corrected chi connectivity index (χ0v) is 11.9. The van der Waals surface area contributed by atoms with Crippen LogP contribution in [0.2, 0.25) is 0 Å².